The minimum absolute atomic E-state index is 0.0811. The predicted octanol–water partition coefficient (Wildman–Crippen LogP) is 4.02. The Morgan fingerprint density at radius 1 is 1.19 bits per heavy atom. The summed E-state index contributed by atoms with van der Waals surface area (Å²) in [6.07, 6.45) is 2.06. The van der Waals surface area contributed by atoms with Gasteiger partial charge in [-0.05, 0) is 48.7 Å². The molecule has 0 aliphatic rings. The van der Waals surface area contributed by atoms with Crippen molar-refractivity contribution >= 4 is 23.0 Å². The molecule has 3 rings (SSSR count). The number of aliphatic hydroxyl groups excluding tert-OH is 1. The highest BCUT2D eigenvalue weighted by Crippen LogP contribution is 2.24. The SMILES string of the molecule is C=C(NC(C)c1ccc(F)cc1)c1cc(C#N)cnc1NCc1ccc(/C(N)=C/N=C(/N)C(C)O)cc1. The molecule has 2 unspecified atom stereocenters. The van der Waals surface area contributed by atoms with Gasteiger partial charge in [-0.3, -0.25) is 0 Å². The molecule has 0 bridgehead atoms. The summed E-state index contributed by atoms with van der Waals surface area (Å²) in [5.74, 6) is 0.348. The molecule has 3 aromatic rings. The predicted molar refractivity (Wildman–Crippen MR) is 145 cm³/mol. The quantitative estimate of drug-likeness (QED) is 0.209. The van der Waals surface area contributed by atoms with Gasteiger partial charge in [-0.25, -0.2) is 14.4 Å². The molecular formula is C28H30FN7O. The zero-order valence-corrected chi connectivity index (χ0v) is 20.7. The zero-order valence-electron chi connectivity index (χ0n) is 20.7. The van der Waals surface area contributed by atoms with Crippen molar-refractivity contribution in [2.45, 2.75) is 32.5 Å². The van der Waals surface area contributed by atoms with E-state index < -0.39 is 6.10 Å². The topological polar surface area (TPSA) is 145 Å². The average molecular weight is 500 g/mol. The van der Waals surface area contributed by atoms with E-state index in [2.05, 4.69) is 33.3 Å². The third-order valence-corrected chi connectivity index (χ3v) is 5.63. The first-order valence-corrected chi connectivity index (χ1v) is 11.6. The summed E-state index contributed by atoms with van der Waals surface area (Å²) in [6, 6.07) is 17.5. The van der Waals surface area contributed by atoms with Gasteiger partial charge in [0.05, 0.1) is 17.5 Å². The first-order chi connectivity index (χ1) is 17.7. The van der Waals surface area contributed by atoms with Crippen LogP contribution in [0.15, 0.2) is 78.6 Å². The number of hydrogen-bond donors (Lipinski definition) is 5. The van der Waals surface area contributed by atoms with Gasteiger partial charge in [0.2, 0.25) is 0 Å². The Morgan fingerprint density at radius 3 is 2.49 bits per heavy atom. The van der Waals surface area contributed by atoms with Gasteiger partial charge in [0.15, 0.2) is 0 Å². The van der Waals surface area contributed by atoms with Gasteiger partial charge in [0.1, 0.15) is 29.6 Å². The molecule has 2 aromatic carbocycles. The summed E-state index contributed by atoms with van der Waals surface area (Å²) >= 11 is 0. The third-order valence-electron chi connectivity index (χ3n) is 5.63. The molecule has 1 heterocycles. The van der Waals surface area contributed by atoms with Crippen LogP contribution in [0.2, 0.25) is 0 Å². The number of rotatable bonds is 10. The highest BCUT2D eigenvalue weighted by atomic mass is 19.1. The molecule has 7 N–H and O–H groups in total. The first kappa shape index (κ1) is 26.9. The monoisotopic (exact) mass is 499 g/mol. The Balaban J connectivity index is 1.72. The van der Waals surface area contributed by atoms with Crippen LogP contribution in [0.4, 0.5) is 10.2 Å². The molecule has 0 saturated heterocycles. The lowest BCUT2D eigenvalue weighted by Gasteiger charge is -2.20. The van der Waals surface area contributed by atoms with Crippen molar-refractivity contribution in [3.05, 3.63) is 107 Å². The maximum absolute atomic E-state index is 13.3. The van der Waals surface area contributed by atoms with Crippen molar-refractivity contribution in [3.63, 3.8) is 0 Å². The second kappa shape index (κ2) is 12.3. The van der Waals surface area contributed by atoms with E-state index in [-0.39, 0.29) is 17.7 Å². The Kier molecular flexibility index (Phi) is 8.97. The lowest BCUT2D eigenvalue weighted by molar-refractivity contribution is 0.261. The largest absolute Gasteiger partial charge is 0.397 e. The van der Waals surface area contributed by atoms with Crippen LogP contribution in [0.5, 0.6) is 0 Å². The van der Waals surface area contributed by atoms with Gasteiger partial charge in [0.25, 0.3) is 0 Å². The van der Waals surface area contributed by atoms with Crippen molar-refractivity contribution in [2.24, 2.45) is 16.5 Å². The first-order valence-electron chi connectivity index (χ1n) is 11.6. The Morgan fingerprint density at radius 2 is 1.86 bits per heavy atom. The fraction of sp³-hybridized carbons (Fsp3) is 0.179. The molecule has 190 valence electrons. The van der Waals surface area contributed by atoms with Gasteiger partial charge in [-0.15, -0.1) is 0 Å². The molecule has 0 aliphatic carbocycles. The maximum Gasteiger partial charge on any atom is 0.135 e. The molecule has 0 fully saturated rings. The molecule has 0 spiro atoms. The smallest absolute Gasteiger partial charge is 0.135 e. The van der Waals surface area contributed by atoms with Crippen LogP contribution >= 0.6 is 0 Å². The molecule has 37 heavy (non-hydrogen) atoms. The Labute approximate surface area is 215 Å². The number of amidine groups is 1. The minimum atomic E-state index is -0.851. The summed E-state index contributed by atoms with van der Waals surface area (Å²) in [6.45, 7) is 8.07. The summed E-state index contributed by atoms with van der Waals surface area (Å²) in [5.41, 5.74) is 16.4. The van der Waals surface area contributed by atoms with Gasteiger partial charge in [-0.2, -0.15) is 5.26 Å². The van der Waals surface area contributed by atoms with Crippen molar-refractivity contribution in [1.82, 2.24) is 10.3 Å². The van der Waals surface area contributed by atoms with Crippen LogP contribution in [0, 0.1) is 17.1 Å². The number of nitriles is 1. The standard InChI is InChI=1S/C28H30FN7O/c1-17(22-8-10-24(29)11-9-22)36-18(2)25-12-21(13-30)15-35-28(25)34-14-20-4-6-23(7-5-20)26(31)16-33-27(32)19(3)37/h4-12,15-17,19,36-37H,2,14,31H2,1,3H3,(H2,32,33)(H,34,35)/b26-16-. The fourth-order valence-electron chi connectivity index (χ4n) is 3.40. The molecule has 0 radical (unpaired) electrons. The number of nitrogens with one attached hydrogen (secondary N) is 2. The number of nitrogens with zero attached hydrogens (tertiary/aromatic N) is 3. The number of halogens is 1. The van der Waals surface area contributed by atoms with E-state index in [0.29, 0.717) is 34.9 Å². The van der Waals surface area contributed by atoms with E-state index >= 15 is 0 Å². The lowest BCUT2D eigenvalue weighted by Crippen LogP contribution is -2.25. The summed E-state index contributed by atoms with van der Waals surface area (Å²) < 4.78 is 13.3. The molecule has 0 amide bonds. The number of nitrogens with two attached hydrogens (primary N) is 2. The number of aliphatic imine (C=N–C) groups is 1. The van der Waals surface area contributed by atoms with Crippen LogP contribution < -0.4 is 22.1 Å². The number of aromatic nitrogens is 1. The van der Waals surface area contributed by atoms with Crippen molar-refractivity contribution in [3.8, 4) is 6.07 Å². The van der Waals surface area contributed by atoms with E-state index in [1.165, 1.54) is 31.5 Å². The number of hydrogen-bond acceptors (Lipinski definition) is 7. The number of pyridine rings is 1. The highest BCUT2D eigenvalue weighted by Gasteiger charge is 2.13. The lowest BCUT2D eigenvalue weighted by atomic mass is 10.1. The van der Waals surface area contributed by atoms with Gasteiger partial charge >= 0.3 is 0 Å². The molecule has 8 nitrogen and oxygen atoms in total. The van der Waals surface area contributed by atoms with E-state index in [1.54, 1.807) is 18.2 Å². The molecule has 0 aliphatic heterocycles. The minimum Gasteiger partial charge on any atom is -0.397 e. The van der Waals surface area contributed by atoms with Crippen molar-refractivity contribution in [2.75, 3.05) is 5.32 Å². The second-order valence-electron chi connectivity index (χ2n) is 8.49. The van der Waals surface area contributed by atoms with E-state index in [9.17, 15) is 14.8 Å². The number of anilines is 1. The Bertz CT molecular complexity index is 1340. The van der Waals surface area contributed by atoms with Gasteiger partial charge in [-0.1, -0.05) is 43.0 Å². The molecule has 9 heteroatoms. The number of aliphatic hydroxyl groups is 1. The molecule has 1 aromatic heterocycles. The summed E-state index contributed by atoms with van der Waals surface area (Å²) in [7, 11) is 0. The summed E-state index contributed by atoms with van der Waals surface area (Å²) in [5, 5.41) is 25.4. The third kappa shape index (κ3) is 7.40. The van der Waals surface area contributed by atoms with Crippen LogP contribution in [0.25, 0.3) is 11.4 Å². The van der Waals surface area contributed by atoms with Gasteiger partial charge < -0.3 is 27.2 Å². The van der Waals surface area contributed by atoms with Crippen LogP contribution in [-0.4, -0.2) is 22.0 Å². The Hall–Kier alpha value is -4.68. The number of benzene rings is 2. The molecular weight excluding hydrogens is 469 g/mol. The van der Waals surface area contributed by atoms with Crippen LogP contribution in [0.1, 0.15) is 47.7 Å². The molecule has 0 saturated carbocycles. The van der Waals surface area contributed by atoms with Crippen molar-refractivity contribution < 1.29 is 9.50 Å². The normalized spacial score (nSPS) is 13.4. The van der Waals surface area contributed by atoms with E-state index in [1.807, 2.05) is 31.2 Å². The average Bonchev–Trinajstić information content (AvgIpc) is 2.90. The van der Waals surface area contributed by atoms with Crippen LogP contribution in [0.3, 0.4) is 0 Å². The van der Waals surface area contributed by atoms with E-state index in [4.69, 9.17) is 11.5 Å². The van der Waals surface area contributed by atoms with Crippen LogP contribution in [-0.2, 0) is 6.54 Å². The molecule has 2 atom stereocenters. The fourth-order valence-corrected chi connectivity index (χ4v) is 3.40. The summed E-state index contributed by atoms with van der Waals surface area (Å²) in [4.78, 5) is 8.38. The van der Waals surface area contributed by atoms with Crippen molar-refractivity contribution in [1.29, 1.82) is 5.26 Å². The highest BCUT2D eigenvalue weighted by molar-refractivity contribution is 5.85. The van der Waals surface area contributed by atoms with E-state index in [0.717, 1.165) is 16.7 Å². The van der Waals surface area contributed by atoms with Gasteiger partial charge in [0, 0.05) is 30.0 Å². The maximum atomic E-state index is 13.3. The second-order valence-corrected chi connectivity index (χ2v) is 8.49. The zero-order chi connectivity index (χ0) is 26.9.